The Kier molecular flexibility index (Phi) is 6.70. The highest BCUT2D eigenvalue weighted by Crippen LogP contribution is 2.28. The molecule has 0 aliphatic heterocycles. The molecule has 0 aliphatic rings. The van der Waals surface area contributed by atoms with Gasteiger partial charge in [0.05, 0.1) is 6.10 Å². The summed E-state index contributed by atoms with van der Waals surface area (Å²) in [6.45, 7) is 4.38. The summed E-state index contributed by atoms with van der Waals surface area (Å²) in [7, 11) is 0. The van der Waals surface area contributed by atoms with E-state index in [9.17, 15) is 5.11 Å². The molecule has 0 saturated carbocycles. The van der Waals surface area contributed by atoms with Crippen LogP contribution in [0.3, 0.4) is 0 Å². The fourth-order valence-electron chi connectivity index (χ4n) is 3.41. The first-order chi connectivity index (χ1) is 15.1. The van der Waals surface area contributed by atoms with E-state index in [0.717, 1.165) is 33.3 Å². The first-order valence-electron chi connectivity index (χ1n) is 10.2. The molecule has 6 heteroatoms. The van der Waals surface area contributed by atoms with E-state index in [1.54, 1.807) is 0 Å². The first-order valence-corrected chi connectivity index (χ1v) is 11.2. The maximum atomic E-state index is 10.6. The lowest BCUT2D eigenvalue weighted by atomic mass is 10.1. The highest BCUT2D eigenvalue weighted by atomic mass is 32.2. The van der Waals surface area contributed by atoms with E-state index in [4.69, 9.17) is 4.74 Å². The molecule has 5 nitrogen and oxygen atoms in total. The molecule has 31 heavy (non-hydrogen) atoms. The number of hydrogen-bond acceptors (Lipinski definition) is 5. The number of thioether (sulfide) groups is 1. The molecule has 0 amide bonds. The molecule has 0 aliphatic carbocycles. The lowest BCUT2D eigenvalue weighted by Crippen LogP contribution is -2.08. The van der Waals surface area contributed by atoms with Crippen LogP contribution in [0.2, 0.25) is 0 Å². The van der Waals surface area contributed by atoms with Gasteiger partial charge in [0, 0.05) is 11.4 Å². The van der Waals surface area contributed by atoms with Crippen molar-refractivity contribution in [1.29, 1.82) is 0 Å². The molecule has 3 aromatic carbocycles. The Morgan fingerprint density at radius 2 is 1.52 bits per heavy atom. The van der Waals surface area contributed by atoms with Crippen LogP contribution in [0, 0.1) is 13.8 Å². The average Bonchev–Trinajstić information content (AvgIpc) is 3.21. The average molecular weight is 432 g/mol. The van der Waals surface area contributed by atoms with Crippen molar-refractivity contribution < 1.29 is 9.84 Å². The van der Waals surface area contributed by atoms with Crippen LogP contribution in [0.1, 0.15) is 28.6 Å². The van der Waals surface area contributed by atoms with E-state index in [1.807, 2.05) is 97.3 Å². The number of aliphatic hydroxyl groups is 1. The third-order valence-corrected chi connectivity index (χ3v) is 6.03. The van der Waals surface area contributed by atoms with Crippen LogP contribution in [0.5, 0.6) is 5.75 Å². The van der Waals surface area contributed by atoms with Gasteiger partial charge in [-0.15, -0.1) is 10.2 Å². The van der Waals surface area contributed by atoms with Crippen molar-refractivity contribution in [2.45, 2.75) is 31.7 Å². The van der Waals surface area contributed by atoms with Crippen molar-refractivity contribution in [3.8, 4) is 11.4 Å². The van der Waals surface area contributed by atoms with E-state index in [0.29, 0.717) is 18.2 Å². The number of nitrogens with zero attached hydrogens (tertiary/aromatic N) is 3. The van der Waals surface area contributed by atoms with Gasteiger partial charge in [-0.05, 0) is 42.7 Å². The molecule has 0 bridgehead atoms. The predicted octanol–water partition coefficient (Wildman–Crippen LogP) is 5.29. The second-order valence-electron chi connectivity index (χ2n) is 7.32. The summed E-state index contributed by atoms with van der Waals surface area (Å²) in [5, 5.41) is 20.1. The van der Waals surface area contributed by atoms with Crippen molar-refractivity contribution in [1.82, 2.24) is 14.8 Å². The van der Waals surface area contributed by atoms with E-state index >= 15 is 0 Å². The van der Waals surface area contributed by atoms with E-state index in [2.05, 4.69) is 10.2 Å². The van der Waals surface area contributed by atoms with Crippen molar-refractivity contribution >= 4 is 11.8 Å². The summed E-state index contributed by atoms with van der Waals surface area (Å²) in [5.74, 6) is 2.07. The molecule has 1 heterocycles. The van der Waals surface area contributed by atoms with Crippen LogP contribution in [0.15, 0.2) is 84.0 Å². The van der Waals surface area contributed by atoms with Gasteiger partial charge in [0.1, 0.15) is 12.4 Å². The topological polar surface area (TPSA) is 60.2 Å². The Morgan fingerprint density at radius 1 is 0.871 bits per heavy atom. The number of aromatic nitrogens is 3. The van der Waals surface area contributed by atoms with Crippen LogP contribution >= 0.6 is 11.8 Å². The van der Waals surface area contributed by atoms with Crippen LogP contribution in [-0.2, 0) is 6.61 Å². The number of hydrogen-bond donors (Lipinski definition) is 1. The van der Waals surface area contributed by atoms with Gasteiger partial charge in [0.25, 0.3) is 0 Å². The second kappa shape index (κ2) is 9.81. The summed E-state index contributed by atoms with van der Waals surface area (Å²) >= 11 is 1.48. The van der Waals surface area contributed by atoms with Crippen LogP contribution in [-0.4, -0.2) is 25.6 Å². The van der Waals surface area contributed by atoms with Crippen molar-refractivity contribution in [3.63, 3.8) is 0 Å². The quantitative estimate of drug-likeness (QED) is 0.384. The molecule has 0 saturated heterocycles. The van der Waals surface area contributed by atoms with Gasteiger partial charge in [-0.3, -0.25) is 4.57 Å². The fraction of sp³-hybridized carbons (Fsp3) is 0.200. The SMILES string of the molecule is Cc1cccc(C)c1OCc1nnc(SC[C@H](O)c2ccccc2)n1-c1ccccc1. The number of aryl methyl sites for hydroxylation is 2. The monoisotopic (exact) mass is 431 g/mol. The minimum Gasteiger partial charge on any atom is -0.485 e. The Hall–Kier alpha value is -3.09. The smallest absolute Gasteiger partial charge is 0.196 e. The van der Waals surface area contributed by atoms with Gasteiger partial charge in [0.2, 0.25) is 0 Å². The fourth-order valence-corrected chi connectivity index (χ4v) is 4.35. The number of para-hydroxylation sites is 2. The number of aliphatic hydroxyl groups excluding tert-OH is 1. The lowest BCUT2D eigenvalue weighted by Gasteiger charge is -2.14. The maximum Gasteiger partial charge on any atom is 0.196 e. The summed E-state index contributed by atoms with van der Waals surface area (Å²) in [6.07, 6.45) is -0.582. The highest BCUT2D eigenvalue weighted by molar-refractivity contribution is 7.99. The van der Waals surface area contributed by atoms with Crippen LogP contribution < -0.4 is 4.74 Å². The van der Waals surface area contributed by atoms with E-state index in [1.165, 1.54) is 11.8 Å². The zero-order valence-electron chi connectivity index (χ0n) is 17.6. The molecule has 0 fully saturated rings. The van der Waals surface area contributed by atoms with Crippen molar-refractivity contribution in [2.24, 2.45) is 0 Å². The summed E-state index contributed by atoms with van der Waals surface area (Å²) in [6, 6.07) is 25.7. The second-order valence-corrected chi connectivity index (χ2v) is 8.30. The van der Waals surface area contributed by atoms with E-state index < -0.39 is 6.10 Å². The Bertz CT molecular complexity index is 1110. The Morgan fingerprint density at radius 3 is 2.19 bits per heavy atom. The van der Waals surface area contributed by atoms with Crippen molar-refractivity contribution in [2.75, 3.05) is 5.75 Å². The number of benzene rings is 3. The standard InChI is InChI=1S/C25H25N3O2S/c1-18-10-9-11-19(2)24(18)30-16-23-26-27-25(28(23)21-14-7-4-8-15-21)31-17-22(29)20-12-5-3-6-13-20/h3-15,22,29H,16-17H2,1-2H3/t22-/m0/s1. The Labute approximate surface area is 186 Å². The van der Waals surface area contributed by atoms with Crippen molar-refractivity contribution in [3.05, 3.63) is 101 Å². The zero-order valence-corrected chi connectivity index (χ0v) is 18.4. The zero-order chi connectivity index (χ0) is 21.6. The number of ether oxygens (including phenoxy) is 1. The molecular formula is C25H25N3O2S. The molecule has 1 N–H and O–H groups in total. The van der Waals surface area contributed by atoms with Gasteiger partial charge < -0.3 is 9.84 Å². The summed E-state index contributed by atoms with van der Waals surface area (Å²) in [4.78, 5) is 0. The molecular weight excluding hydrogens is 406 g/mol. The van der Waals surface area contributed by atoms with Gasteiger partial charge in [-0.1, -0.05) is 78.5 Å². The van der Waals surface area contributed by atoms with Gasteiger partial charge in [0.15, 0.2) is 11.0 Å². The van der Waals surface area contributed by atoms with Crippen LogP contribution in [0.25, 0.3) is 5.69 Å². The molecule has 1 atom stereocenters. The van der Waals surface area contributed by atoms with Crippen LogP contribution in [0.4, 0.5) is 0 Å². The van der Waals surface area contributed by atoms with E-state index in [-0.39, 0.29) is 0 Å². The third kappa shape index (κ3) is 4.98. The Balaban J connectivity index is 1.57. The normalized spacial score (nSPS) is 12.0. The predicted molar refractivity (Wildman–Crippen MR) is 124 cm³/mol. The van der Waals surface area contributed by atoms with Gasteiger partial charge in [-0.2, -0.15) is 0 Å². The summed E-state index contributed by atoms with van der Waals surface area (Å²) in [5.41, 5.74) is 4.03. The first kappa shape index (κ1) is 21.2. The highest BCUT2D eigenvalue weighted by Gasteiger charge is 2.18. The van der Waals surface area contributed by atoms with Gasteiger partial charge in [-0.25, -0.2) is 0 Å². The number of rotatable bonds is 8. The molecule has 0 radical (unpaired) electrons. The summed E-state index contributed by atoms with van der Waals surface area (Å²) < 4.78 is 8.14. The van der Waals surface area contributed by atoms with Gasteiger partial charge >= 0.3 is 0 Å². The molecule has 1 aromatic heterocycles. The minimum atomic E-state index is -0.582. The largest absolute Gasteiger partial charge is 0.485 e. The lowest BCUT2D eigenvalue weighted by molar-refractivity contribution is 0.204. The molecule has 0 spiro atoms. The third-order valence-electron chi connectivity index (χ3n) is 5.02. The molecule has 4 aromatic rings. The molecule has 158 valence electrons. The minimum absolute atomic E-state index is 0.301. The molecule has 4 rings (SSSR count). The maximum absolute atomic E-state index is 10.6. The molecule has 0 unspecified atom stereocenters.